The van der Waals surface area contributed by atoms with Crippen LogP contribution in [0.5, 0.6) is 0 Å². The molecule has 7 aromatic rings. The smallest absolute Gasteiger partial charge is 0.221 e. The van der Waals surface area contributed by atoms with E-state index in [4.69, 9.17) is 9.97 Å². The largest absolute Gasteiger partial charge is 0.354 e. The molecule has 3 aromatic heterocycles. The molecule has 0 aliphatic carbocycles. The van der Waals surface area contributed by atoms with Crippen molar-refractivity contribution >= 4 is 92.7 Å². The molecule has 12 nitrogen and oxygen atoms in total. The highest BCUT2D eigenvalue weighted by Crippen LogP contribution is 2.42. The number of aromatic amines is 2. The summed E-state index contributed by atoms with van der Waals surface area (Å²) in [5.74, 6) is -0.902. The van der Waals surface area contributed by atoms with E-state index in [1.807, 2.05) is 146 Å². The van der Waals surface area contributed by atoms with Gasteiger partial charge in [-0.3, -0.25) is 19.2 Å². The first kappa shape index (κ1) is 40.7. The van der Waals surface area contributed by atoms with Crippen LogP contribution in [-0.4, -0.2) is 43.6 Å². The summed E-state index contributed by atoms with van der Waals surface area (Å²) in [5, 5.41) is 12.0. The van der Waals surface area contributed by atoms with E-state index in [-0.39, 0.29) is 23.6 Å². The van der Waals surface area contributed by atoms with E-state index in [0.29, 0.717) is 89.8 Å². The molecular weight excluding hydrogens is 801 g/mol. The van der Waals surface area contributed by atoms with Gasteiger partial charge in [-0.15, -0.1) is 0 Å². The summed E-state index contributed by atoms with van der Waals surface area (Å²) in [6, 6.07) is 38.2. The number of nitrogens with zero attached hydrogens (tertiary/aromatic N) is 2. The Bertz CT molecular complexity index is 2890. The minimum Gasteiger partial charge on any atom is -0.354 e. The Hall–Kier alpha value is -8.64. The van der Waals surface area contributed by atoms with Crippen LogP contribution in [0.1, 0.15) is 50.5 Å². The fourth-order valence-corrected chi connectivity index (χ4v) is 8.34. The van der Waals surface area contributed by atoms with Crippen molar-refractivity contribution in [2.24, 2.45) is 0 Å². The van der Waals surface area contributed by atoms with E-state index in [9.17, 15) is 19.2 Å². The number of benzene rings is 4. The van der Waals surface area contributed by atoms with Gasteiger partial charge in [0.25, 0.3) is 0 Å². The molecule has 12 heteroatoms. The molecule has 0 saturated carbocycles. The van der Waals surface area contributed by atoms with Crippen LogP contribution in [0.25, 0.3) is 90.9 Å². The minimum atomic E-state index is -0.225. The summed E-state index contributed by atoms with van der Waals surface area (Å²) in [6.07, 6.45) is 7.78. The Labute approximate surface area is 368 Å². The normalized spacial score (nSPS) is 11.6. The molecule has 2 aliphatic heterocycles. The van der Waals surface area contributed by atoms with Crippen molar-refractivity contribution in [3.8, 4) is 44.5 Å². The first-order valence-electron chi connectivity index (χ1n) is 20.7. The van der Waals surface area contributed by atoms with Gasteiger partial charge in [0.15, 0.2) is 0 Å². The molecular formula is C52H42N8O4. The fraction of sp³-hybridized carbons (Fsp3) is 0.0769. The number of rotatable bonds is 8. The Morgan fingerprint density at radius 3 is 0.781 bits per heavy atom. The quantitative estimate of drug-likeness (QED) is 0.0888. The average Bonchev–Trinajstić information content (AvgIpc) is 4.11. The van der Waals surface area contributed by atoms with Crippen LogP contribution in [0.4, 0.5) is 22.7 Å². The second-order valence-electron chi connectivity index (χ2n) is 15.4. The summed E-state index contributed by atoms with van der Waals surface area (Å²) in [6.45, 7) is 5.89. The van der Waals surface area contributed by atoms with Gasteiger partial charge in [-0.05, 0) is 72.8 Å². The maximum atomic E-state index is 12.6. The van der Waals surface area contributed by atoms with Crippen molar-refractivity contribution in [2.45, 2.75) is 27.7 Å². The van der Waals surface area contributed by atoms with Crippen molar-refractivity contribution < 1.29 is 19.2 Å². The zero-order valence-electron chi connectivity index (χ0n) is 35.4. The van der Waals surface area contributed by atoms with Crippen LogP contribution < -0.4 is 21.3 Å². The molecule has 8 bridgehead atoms. The molecule has 0 fully saturated rings. The summed E-state index contributed by atoms with van der Waals surface area (Å²) < 4.78 is 0. The van der Waals surface area contributed by atoms with Gasteiger partial charge in [-0.1, -0.05) is 72.8 Å². The first-order chi connectivity index (χ1) is 31.0. The highest BCUT2D eigenvalue weighted by atomic mass is 16.2. The van der Waals surface area contributed by atoms with E-state index in [0.717, 1.165) is 22.3 Å². The fourth-order valence-electron chi connectivity index (χ4n) is 8.34. The van der Waals surface area contributed by atoms with Crippen LogP contribution in [-0.2, 0) is 19.2 Å². The second kappa shape index (κ2) is 17.0. The second-order valence-corrected chi connectivity index (χ2v) is 15.4. The lowest BCUT2D eigenvalue weighted by molar-refractivity contribution is -0.115. The Balaban J connectivity index is 1.50. The van der Waals surface area contributed by atoms with Crippen LogP contribution in [0.3, 0.4) is 0 Å². The zero-order chi connectivity index (χ0) is 44.5. The van der Waals surface area contributed by atoms with Crippen molar-refractivity contribution in [1.29, 1.82) is 0 Å². The van der Waals surface area contributed by atoms with Gasteiger partial charge >= 0.3 is 0 Å². The number of anilines is 4. The maximum absolute atomic E-state index is 12.6. The van der Waals surface area contributed by atoms with Crippen LogP contribution in [0, 0.1) is 0 Å². The number of hydrogen-bond acceptors (Lipinski definition) is 6. The molecule has 0 saturated heterocycles. The summed E-state index contributed by atoms with van der Waals surface area (Å²) in [5.41, 5.74) is 13.4. The number of H-pyrrole nitrogens is 2. The SMILES string of the molecule is CC(=O)Nc1ccccc1-c1c2nc(c(-c3ccccc3NC(C)=O)c3ccc([nH]3)c(-c3ccccc3NC(C)=O)c3nc(c(-c4ccccc4NC(C)=O)c4ccc1[nH]4)C=C3)C=C2. The molecule has 64 heavy (non-hydrogen) atoms. The number of carbonyl (C=O) groups is 4. The van der Waals surface area contributed by atoms with Crippen LogP contribution in [0.2, 0.25) is 0 Å². The molecule has 314 valence electrons. The highest BCUT2D eigenvalue weighted by Gasteiger charge is 2.23. The van der Waals surface area contributed by atoms with Crippen LogP contribution >= 0.6 is 0 Å². The maximum Gasteiger partial charge on any atom is 0.221 e. The van der Waals surface area contributed by atoms with Gasteiger partial charge in [0, 0.05) is 117 Å². The molecule has 0 atom stereocenters. The van der Waals surface area contributed by atoms with E-state index in [1.165, 1.54) is 27.7 Å². The zero-order valence-corrected chi connectivity index (χ0v) is 35.4. The van der Waals surface area contributed by atoms with Crippen molar-refractivity contribution in [3.63, 3.8) is 0 Å². The van der Waals surface area contributed by atoms with Gasteiger partial charge in [0.05, 0.1) is 22.8 Å². The third-order valence-corrected chi connectivity index (χ3v) is 10.8. The standard InChI is InChI=1S/C52H42N8O4/c1-29(61)53-37-17-9-5-13-33(37)49-41-21-23-43(57-41)50(34-14-6-10-18-38(34)54-30(2)62)45-25-27-47(59-45)52(36-16-8-12-20-40(36)56-32(4)64)48-28-26-46(60-48)51(44-24-22-42(49)58-44)35-15-7-11-19-39(35)55-31(3)63/h5-28,57,60H,1-4H3,(H,53,61)(H,54,62)(H,55,63)(H,56,64). The van der Waals surface area contributed by atoms with Gasteiger partial charge in [0.1, 0.15) is 0 Å². The molecule has 9 rings (SSSR count). The monoisotopic (exact) mass is 842 g/mol. The number of aromatic nitrogens is 4. The van der Waals surface area contributed by atoms with Crippen molar-refractivity contribution in [1.82, 2.24) is 19.9 Å². The van der Waals surface area contributed by atoms with E-state index >= 15 is 0 Å². The van der Waals surface area contributed by atoms with Gasteiger partial charge < -0.3 is 31.2 Å². The molecule has 5 heterocycles. The number of fused-ring (bicyclic) bond motifs is 8. The minimum absolute atomic E-state index is 0.225. The van der Waals surface area contributed by atoms with Crippen LogP contribution in [0.15, 0.2) is 121 Å². The van der Waals surface area contributed by atoms with E-state index < -0.39 is 0 Å². The topological polar surface area (TPSA) is 174 Å². The number of amides is 4. The molecule has 4 amide bonds. The number of hydrogen-bond donors (Lipinski definition) is 6. The summed E-state index contributed by atoms with van der Waals surface area (Å²) >= 11 is 0. The lowest BCUT2D eigenvalue weighted by atomic mass is 10.0. The Morgan fingerprint density at radius 2 is 0.562 bits per heavy atom. The highest BCUT2D eigenvalue weighted by molar-refractivity contribution is 6.07. The van der Waals surface area contributed by atoms with Gasteiger partial charge in [-0.25, -0.2) is 9.97 Å². The van der Waals surface area contributed by atoms with Crippen molar-refractivity contribution in [2.75, 3.05) is 21.3 Å². The lowest BCUT2D eigenvalue weighted by Gasteiger charge is -2.13. The van der Waals surface area contributed by atoms with E-state index in [1.54, 1.807) is 0 Å². The van der Waals surface area contributed by atoms with Gasteiger partial charge in [-0.2, -0.15) is 0 Å². The number of nitrogens with one attached hydrogen (secondary N) is 6. The first-order valence-corrected chi connectivity index (χ1v) is 20.7. The third kappa shape index (κ3) is 7.98. The molecule has 2 aliphatic rings. The average molecular weight is 843 g/mol. The molecule has 0 radical (unpaired) electrons. The predicted octanol–water partition coefficient (Wildman–Crippen LogP) is 11.2. The molecule has 4 aromatic carbocycles. The Morgan fingerprint density at radius 1 is 0.344 bits per heavy atom. The number of carbonyl (C=O) groups excluding carboxylic acids is 4. The van der Waals surface area contributed by atoms with Gasteiger partial charge in [0.2, 0.25) is 23.6 Å². The molecule has 0 spiro atoms. The molecule has 6 N–H and O–H groups in total. The van der Waals surface area contributed by atoms with Crippen molar-refractivity contribution in [3.05, 3.63) is 144 Å². The lowest BCUT2D eigenvalue weighted by Crippen LogP contribution is -2.07. The summed E-state index contributed by atoms with van der Waals surface area (Å²) in [7, 11) is 0. The molecule has 0 unspecified atom stereocenters. The third-order valence-electron chi connectivity index (χ3n) is 10.8. The number of para-hydroxylation sites is 4. The summed E-state index contributed by atoms with van der Waals surface area (Å²) in [4.78, 5) is 68.6. The Kier molecular flexibility index (Phi) is 10.8. The van der Waals surface area contributed by atoms with E-state index in [2.05, 4.69) is 31.2 Å². The predicted molar refractivity (Wildman–Crippen MR) is 258 cm³/mol.